The molecule has 0 fully saturated rings. The van der Waals surface area contributed by atoms with Crippen LogP contribution < -0.4 is 14.8 Å². The molecule has 9 nitrogen and oxygen atoms in total. The number of ether oxygens (including phenoxy) is 3. The summed E-state index contributed by atoms with van der Waals surface area (Å²) in [4.78, 5) is 24.3. The quantitative estimate of drug-likeness (QED) is 0.563. The molecule has 9 heteroatoms. The first kappa shape index (κ1) is 20.8. The van der Waals surface area contributed by atoms with Gasteiger partial charge in [0, 0.05) is 5.56 Å². The van der Waals surface area contributed by atoms with E-state index in [4.69, 9.17) is 18.6 Å². The molecule has 1 N–H and O–H groups in total. The highest BCUT2D eigenvalue weighted by molar-refractivity contribution is 5.98. The lowest BCUT2D eigenvalue weighted by molar-refractivity contribution is -0.148. The Kier molecular flexibility index (Phi) is 6.63. The average molecular weight is 411 g/mol. The summed E-state index contributed by atoms with van der Waals surface area (Å²) in [5, 5.41) is 10.4. The number of nitrogens with one attached hydrogen (secondary N) is 1. The molecule has 0 spiro atoms. The summed E-state index contributed by atoms with van der Waals surface area (Å²) >= 11 is 0. The molecule has 0 saturated heterocycles. The molecule has 0 aliphatic rings. The Labute approximate surface area is 173 Å². The molecule has 0 radical (unpaired) electrons. The lowest BCUT2D eigenvalue weighted by Crippen LogP contribution is -2.31. The summed E-state index contributed by atoms with van der Waals surface area (Å²) in [6.45, 7) is 1.28. The van der Waals surface area contributed by atoms with Crippen molar-refractivity contribution in [2.45, 2.75) is 13.0 Å². The lowest BCUT2D eigenvalue weighted by Gasteiger charge is -2.11. The highest BCUT2D eigenvalue weighted by Crippen LogP contribution is 2.24. The van der Waals surface area contributed by atoms with Crippen LogP contribution in [0.5, 0.6) is 11.5 Å². The third-order valence-electron chi connectivity index (χ3n) is 4.18. The molecule has 0 bridgehead atoms. The average Bonchev–Trinajstić information content (AvgIpc) is 3.28. The van der Waals surface area contributed by atoms with Gasteiger partial charge in [-0.3, -0.25) is 9.59 Å². The van der Waals surface area contributed by atoms with Gasteiger partial charge >= 0.3 is 5.97 Å². The van der Waals surface area contributed by atoms with Crippen LogP contribution in [0.15, 0.2) is 52.9 Å². The zero-order valence-electron chi connectivity index (χ0n) is 16.7. The fourth-order valence-electron chi connectivity index (χ4n) is 2.62. The Morgan fingerprint density at radius 1 is 1.03 bits per heavy atom. The van der Waals surface area contributed by atoms with Crippen molar-refractivity contribution in [3.8, 4) is 23.0 Å². The standard InChI is InChI=1S/C21H21N3O6/c1-13(20-23-24-21(30-20)14-8-10-15(27-2)11-9-14)29-18(25)12-22-19(26)16-6-4-5-7-17(16)28-3/h4-11,13H,12H2,1-3H3,(H,22,26)/t13-/m1/s1. The molecule has 1 atom stereocenters. The molecule has 0 aliphatic carbocycles. The maximum atomic E-state index is 12.2. The Hall–Kier alpha value is -3.88. The van der Waals surface area contributed by atoms with Crippen molar-refractivity contribution in [1.82, 2.24) is 15.5 Å². The Bertz CT molecular complexity index is 1020. The zero-order valence-corrected chi connectivity index (χ0v) is 16.7. The third kappa shape index (κ3) is 4.93. The van der Waals surface area contributed by atoms with E-state index in [1.54, 1.807) is 62.6 Å². The van der Waals surface area contributed by atoms with Gasteiger partial charge in [0.15, 0.2) is 6.10 Å². The van der Waals surface area contributed by atoms with E-state index in [0.717, 1.165) is 0 Å². The number of methoxy groups -OCH3 is 2. The number of carbonyl (C=O) groups excluding carboxylic acids is 2. The maximum Gasteiger partial charge on any atom is 0.326 e. The molecule has 1 heterocycles. The Balaban J connectivity index is 1.55. The van der Waals surface area contributed by atoms with Crippen LogP contribution in [0, 0.1) is 0 Å². The predicted molar refractivity (Wildman–Crippen MR) is 106 cm³/mol. The molecule has 1 aromatic heterocycles. The van der Waals surface area contributed by atoms with Crippen LogP contribution in [0.4, 0.5) is 0 Å². The van der Waals surface area contributed by atoms with Crippen LogP contribution in [0.25, 0.3) is 11.5 Å². The topological polar surface area (TPSA) is 113 Å². The number of esters is 1. The number of carbonyl (C=O) groups is 2. The van der Waals surface area contributed by atoms with Gasteiger partial charge in [0.25, 0.3) is 11.8 Å². The van der Waals surface area contributed by atoms with Gasteiger partial charge in [-0.1, -0.05) is 12.1 Å². The van der Waals surface area contributed by atoms with Crippen molar-refractivity contribution in [1.29, 1.82) is 0 Å². The highest BCUT2D eigenvalue weighted by atomic mass is 16.6. The SMILES string of the molecule is COc1ccc(-c2nnc([C@@H](C)OC(=O)CNC(=O)c3ccccc3OC)o2)cc1. The first-order valence-corrected chi connectivity index (χ1v) is 9.10. The minimum Gasteiger partial charge on any atom is -0.497 e. The lowest BCUT2D eigenvalue weighted by atomic mass is 10.2. The molecule has 0 unspecified atom stereocenters. The minimum atomic E-state index is -0.778. The van der Waals surface area contributed by atoms with Gasteiger partial charge in [0.05, 0.1) is 19.8 Å². The smallest absolute Gasteiger partial charge is 0.326 e. The van der Waals surface area contributed by atoms with Crippen molar-refractivity contribution in [2.24, 2.45) is 0 Å². The highest BCUT2D eigenvalue weighted by Gasteiger charge is 2.20. The largest absolute Gasteiger partial charge is 0.497 e. The van der Waals surface area contributed by atoms with E-state index < -0.39 is 18.0 Å². The fraction of sp³-hybridized carbons (Fsp3) is 0.238. The summed E-state index contributed by atoms with van der Waals surface area (Å²) in [6.07, 6.45) is -0.778. The zero-order chi connectivity index (χ0) is 21.5. The number of nitrogens with zero attached hydrogens (tertiary/aromatic N) is 2. The molecular weight excluding hydrogens is 390 g/mol. The van der Waals surface area contributed by atoms with Gasteiger partial charge in [-0.2, -0.15) is 0 Å². The number of amides is 1. The van der Waals surface area contributed by atoms with Crippen LogP contribution in [0.3, 0.4) is 0 Å². The van der Waals surface area contributed by atoms with Gasteiger partial charge in [0.2, 0.25) is 5.89 Å². The van der Waals surface area contributed by atoms with Crippen LogP contribution in [-0.2, 0) is 9.53 Å². The van der Waals surface area contributed by atoms with Gasteiger partial charge in [0.1, 0.15) is 18.0 Å². The van der Waals surface area contributed by atoms with E-state index in [1.165, 1.54) is 7.11 Å². The number of hydrogen-bond acceptors (Lipinski definition) is 8. The molecule has 0 saturated carbocycles. The first-order valence-electron chi connectivity index (χ1n) is 9.10. The summed E-state index contributed by atoms with van der Waals surface area (Å²) in [7, 11) is 3.04. The first-order chi connectivity index (χ1) is 14.5. The Morgan fingerprint density at radius 3 is 2.47 bits per heavy atom. The van der Waals surface area contributed by atoms with Crippen molar-refractivity contribution in [3.63, 3.8) is 0 Å². The van der Waals surface area contributed by atoms with Gasteiger partial charge in [-0.05, 0) is 43.3 Å². The van der Waals surface area contributed by atoms with Crippen molar-refractivity contribution < 1.29 is 28.2 Å². The van der Waals surface area contributed by atoms with Gasteiger partial charge in [-0.25, -0.2) is 0 Å². The normalized spacial score (nSPS) is 11.4. The molecule has 156 valence electrons. The van der Waals surface area contributed by atoms with Crippen LogP contribution in [0.1, 0.15) is 29.3 Å². The van der Waals surface area contributed by atoms with Crippen LogP contribution in [0.2, 0.25) is 0 Å². The molecule has 0 aliphatic heterocycles. The van der Waals surface area contributed by atoms with E-state index in [1.807, 2.05) is 0 Å². The minimum absolute atomic E-state index is 0.144. The van der Waals surface area contributed by atoms with Gasteiger partial charge in [-0.15, -0.1) is 10.2 Å². The molecule has 30 heavy (non-hydrogen) atoms. The van der Waals surface area contributed by atoms with Crippen molar-refractivity contribution >= 4 is 11.9 Å². The summed E-state index contributed by atoms with van der Waals surface area (Å²) in [5.41, 5.74) is 1.03. The van der Waals surface area contributed by atoms with E-state index in [-0.39, 0.29) is 12.4 Å². The number of para-hydroxylation sites is 1. The number of rotatable bonds is 8. The van der Waals surface area contributed by atoms with E-state index >= 15 is 0 Å². The van der Waals surface area contributed by atoms with Crippen molar-refractivity contribution in [2.75, 3.05) is 20.8 Å². The number of hydrogen-bond donors (Lipinski definition) is 1. The second kappa shape index (κ2) is 9.55. The molecule has 2 aromatic carbocycles. The van der Waals surface area contributed by atoms with Gasteiger partial charge < -0.3 is 23.9 Å². The maximum absolute atomic E-state index is 12.2. The summed E-state index contributed by atoms with van der Waals surface area (Å²) < 4.78 is 21.1. The molecule has 1 amide bonds. The van der Waals surface area contributed by atoms with E-state index in [2.05, 4.69) is 15.5 Å². The molecule has 3 aromatic rings. The van der Waals surface area contributed by atoms with Crippen molar-refractivity contribution in [3.05, 3.63) is 60.0 Å². The second-order valence-corrected chi connectivity index (χ2v) is 6.19. The summed E-state index contributed by atoms with van der Waals surface area (Å²) in [6, 6.07) is 13.8. The number of benzene rings is 2. The fourth-order valence-corrected chi connectivity index (χ4v) is 2.62. The predicted octanol–water partition coefficient (Wildman–Crippen LogP) is 2.79. The van der Waals surface area contributed by atoms with E-state index in [9.17, 15) is 9.59 Å². The monoisotopic (exact) mass is 411 g/mol. The molecule has 3 rings (SSSR count). The summed E-state index contributed by atoms with van der Waals surface area (Å²) in [5.74, 6) is 0.460. The van der Waals surface area contributed by atoms with E-state index in [0.29, 0.717) is 28.5 Å². The third-order valence-corrected chi connectivity index (χ3v) is 4.18. The Morgan fingerprint density at radius 2 is 1.77 bits per heavy atom. The van der Waals surface area contributed by atoms with Crippen LogP contribution in [-0.4, -0.2) is 42.8 Å². The second-order valence-electron chi connectivity index (χ2n) is 6.19. The molecular formula is C21H21N3O6. The van der Waals surface area contributed by atoms with Crippen LogP contribution >= 0.6 is 0 Å². The number of aromatic nitrogens is 2.